The van der Waals surface area contributed by atoms with Crippen molar-refractivity contribution in [2.24, 2.45) is 0 Å². The number of nitrogens with zero attached hydrogens (tertiary/aromatic N) is 4. The van der Waals surface area contributed by atoms with E-state index in [-0.39, 0.29) is 0 Å². The zero-order valence-electron chi connectivity index (χ0n) is 19.8. The zero-order chi connectivity index (χ0) is 24.5. The third-order valence-corrected chi connectivity index (χ3v) is 7.88. The predicted octanol–water partition coefficient (Wildman–Crippen LogP) is 8.24. The van der Waals surface area contributed by atoms with Crippen LogP contribution in [0.25, 0.3) is 88.3 Å². The summed E-state index contributed by atoms with van der Waals surface area (Å²) in [6, 6.07) is 33.1. The summed E-state index contributed by atoms with van der Waals surface area (Å²) in [5.41, 5.74) is 9.21. The third kappa shape index (κ3) is 2.12. The van der Waals surface area contributed by atoms with Crippen LogP contribution in [-0.4, -0.2) is 18.8 Å². The molecule has 0 aliphatic carbocycles. The molecule has 38 heavy (non-hydrogen) atoms. The topological polar surface area (TPSA) is 60.9 Å². The molecular weight excluding hydrogens is 472 g/mol. The standard InChI is InChI=1S/C32H16N4O2/c1-6-12-26-18(7-1)29-27(37-26)14-13-17-19-15-20-25(16-28(19)38-30(17)29)35-23-10-4-3-9-22(23)34-32(35)36-24-11-5-2-8-21(24)33-31(20)36/h1-16H. The highest BCUT2D eigenvalue weighted by Gasteiger charge is 2.21. The normalized spacial score (nSPS) is 12.7. The summed E-state index contributed by atoms with van der Waals surface area (Å²) >= 11 is 0. The summed E-state index contributed by atoms with van der Waals surface area (Å²) < 4.78 is 17.2. The molecule has 6 heteroatoms. The maximum Gasteiger partial charge on any atom is 0.221 e. The molecule has 5 heterocycles. The maximum atomic E-state index is 6.63. The molecule has 0 saturated heterocycles. The van der Waals surface area contributed by atoms with Gasteiger partial charge in [0, 0.05) is 27.6 Å². The SMILES string of the molecule is c1ccc2c(c1)nc1n2c2cc3oc4c(ccc5oc6ccccc6c54)c3cc2c2nc3ccccc3n21. The van der Waals surface area contributed by atoms with Gasteiger partial charge >= 0.3 is 0 Å². The van der Waals surface area contributed by atoms with Crippen molar-refractivity contribution < 1.29 is 8.83 Å². The van der Waals surface area contributed by atoms with Gasteiger partial charge in [-0.1, -0.05) is 42.5 Å². The highest BCUT2D eigenvalue weighted by molar-refractivity contribution is 6.23. The molecular formula is C32H16N4O2. The second-order valence-electron chi connectivity index (χ2n) is 9.88. The Morgan fingerprint density at radius 1 is 0.500 bits per heavy atom. The van der Waals surface area contributed by atoms with Gasteiger partial charge in [0.2, 0.25) is 5.78 Å². The van der Waals surface area contributed by atoms with E-state index in [0.29, 0.717) is 0 Å². The fourth-order valence-electron chi connectivity index (χ4n) is 6.25. The number of imidazole rings is 2. The zero-order valence-corrected chi connectivity index (χ0v) is 19.8. The van der Waals surface area contributed by atoms with E-state index in [2.05, 4.69) is 63.4 Å². The number of hydrogen-bond acceptors (Lipinski definition) is 4. The molecule has 5 aromatic carbocycles. The van der Waals surface area contributed by atoms with Gasteiger partial charge in [-0.15, -0.1) is 0 Å². The number of hydrogen-bond donors (Lipinski definition) is 0. The smallest absolute Gasteiger partial charge is 0.221 e. The van der Waals surface area contributed by atoms with E-state index in [1.54, 1.807) is 0 Å². The van der Waals surface area contributed by atoms with Crippen molar-refractivity contribution in [2.75, 3.05) is 0 Å². The van der Waals surface area contributed by atoms with Crippen LogP contribution in [0.5, 0.6) is 0 Å². The molecule has 0 amide bonds. The van der Waals surface area contributed by atoms with Crippen LogP contribution in [0, 0.1) is 0 Å². The largest absolute Gasteiger partial charge is 0.456 e. The molecule has 5 aromatic heterocycles. The summed E-state index contributed by atoms with van der Waals surface area (Å²) in [7, 11) is 0. The number of rotatable bonds is 0. The lowest BCUT2D eigenvalue weighted by Gasteiger charge is -2.07. The first-order chi connectivity index (χ1) is 18.8. The Bertz CT molecular complexity index is 2630. The maximum absolute atomic E-state index is 6.63. The van der Waals surface area contributed by atoms with E-state index < -0.39 is 0 Å². The molecule has 176 valence electrons. The van der Waals surface area contributed by atoms with Crippen molar-refractivity contribution in [3.8, 4) is 0 Å². The van der Waals surface area contributed by atoms with Crippen molar-refractivity contribution in [1.82, 2.24) is 18.8 Å². The van der Waals surface area contributed by atoms with Gasteiger partial charge < -0.3 is 8.83 Å². The van der Waals surface area contributed by atoms with E-state index >= 15 is 0 Å². The summed E-state index contributed by atoms with van der Waals surface area (Å²) in [6.07, 6.45) is 0. The van der Waals surface area contributed by atoms with Crippen LogP contribution < -0.4 is 0 Å². The van der Waals surface area contributed by atoms with Crippen molar-refractivity contribution in [3.05, 3.63) is 97.1 Å². The number of para-hydroxylation sites is 5. The molecule has 0 aliphatic heterocycles. The first-order valence-corrected chi connectivity index (χ1v) is 12.6. The summed E-state index contributed by atoms with van der Waals surface area (Å²) in [5.74, 6) is 0.834. The number of aromatic nitrogens is 4. The number of furan rings is 2. The Balaban J connectivity index is 1.48. The summed E-state index contributed by atoms with van der Waals surface area (Å²) in [5, 5.41) is 5.22. The van der Waals surface area contributed by atoms with Crippen LogP contribution in [0.2, 0.25) is 0 Å². The van der Waals surface area contributed by atoms with Crippen LogP contribution in [0.15, 0.2) is 106 Å². The number of benzene rings is 5. The first kappa shape index (κ1) is 18.8. The first-order valence-electron chi connectivity index (χ1n) is 12.6. The molecule has 0 atom stereocenters. The van der Waals surface area contributed by atoms with E-state index in [1.807, 2.05) is 42.5 Å². The summed E-state index contributed by atoms with van der Waals surface area (Å²) in [6.45, 7) is 0. The third-order valence-electron chi connectivity index (χ3n) is 7.88. The van der Waals surface area contributed by atoms with E-state index in [4.69, 9.17) is 18.8 Å². The summed E-state index contributed by atoms with van der Waals surface area (Å²) in [4.78, 5) is 10.1. The molecule has 0 fully saturated rings. The van der Waals surface area contributed by atoms with Crippen LogP contribution in [-0.2, 0) is 0 Å². The van der Waals surface area contributed by atoms with Crippen molar-refractivity contribution in [1.29, 1.82) is 0 Å². The van der Waals surface area contributed by atoms with Crippen molar-refractivity contribution in [3.63, 3.8) is 0 Å². The van der Waals surface area contributed by atoms with Crippen molar-refractivity contribution in [2.45, 2.75) is 0 Å². The average molecular weight is 489 g/mol. The monoisotopic (exact) mass is 488 g/mol. The van der Waals surface area contributed by atoms with Crippen molar-refractivity contribution >= 4 is 88.3 Å². The van der Waals surface area contributed by atoms with Gasteiger partial charge in [-0.3, -0.25) is 8.80 Å². The lowest BCUT2D eigenvalue weighted by molar-refractivity contribution is 0.663. The van der Waals surface area contributed by atoms with Crippen LogP contribution in [0.3, 0.4) is 0 Å². The minimum Gasteiger partial charge on any atom is -0.456 e. The average Bonchev–Trinajstić information content (AvgIpc) is 3.70. The van der Waals surface area contributed by atoms with Crippen LogP contribution in [0.1, 0.15) is 0 Å². The Morgan fingerprint density at radius 2 is 1.26 bits per heavy atom. The number of fused-ring (bicyclic) bond motifs is 17. The highest BCUT2D eigenvalue weighted by atomic mass is 16.3. The molecule has 6 nitrogen and oxygen atoms in total. The molecule has 0 unspecified atom stereocenters. The molecule has 0 aliphatic rings. The molecule has 10 rings (SSSR count). The lowest BCUT2D eigenvalue weighted by atomic mass is 10.1. The Labute approximate surface area is 212 Å². The second-order valence-corrected chi connectivity index (χ2v) is 9.88. The van der Waals surface area contributed by atoms with E-state index in [1.165, 1.54) is 0 Å². The van der Waals surface area contributed by atoms with Gasteiger partial charge in [-0.05, 0) is 48.5 Å². The quantitative estimate of drug-likeness (QED) is 0.216. The van der Waals surface area contributed by atoms with E-state index in [9.17, 15) is 0 Å². The minimum absolute atomic E-state index is 0.824. The molecule has 0 bridgehead atoms. The highest BCUT2D eigenvalue weighted by Crippen LogP contribution is 2.41. The van der Waals surface area contributed by atoms with Gasteiger partial charge in [-0.2, -0.15) is 0 Å². The van der Waals surface area contributed by atoms with Crippen LogP contribution in [0.4, 0.5) is 0 Å². The molecule has 0 N–H and O–H groups in total. The molecule has 0 radical (unpaired) electrons. The molecule has 10 aromatic rings. The molecule has 0 spiro atoms. The fourth-order valence-corrected chi connectivity index (χ4v) is 6.25. The Morgan fingerprint density at radius 3 is 2.16 bits per heavy atom. The van der Waals surface area contributed by atoms with Gasteiger partial charge in [-0.25, -0.2) is 9.97 Å². The van der Waals surface area contributed by atoms with E-state index in [0.717, 1.165) is 88.3 Å². The Hall–Kier alpha value is -5.36. The minimum atomic E-state index is 0.824. The predicted molar refractivity (Wildman–Crippen MR) is 151 cm³/mol. The molecule has 0 saturated carbocycles. The second kappa shape index (κ2) is 6.30. The van der Waals surface area contributed by atoms with Gasteiger partial charge in [0.1, 0.15) is 28.0 Å². The fraction of sp³-hybridized carbons (Fsp3) is 0. The van der Waals surface area contributed by atoms with Crippen LogP contribution >= 0.6 is 0 Å². The van der Waals surface area contributed by atoms with Gasteiger partial charge in [0.25, 0.3) is 0 Å². The Kier molecular flexibility index (Phi) is 3.13. The lowest BCUT2D eigenvalue weighted by Crippen LogP contribution is -1.98. The van der Waals surface area contributed by atoms with Gasteiger partial charge in [0.15, 0.2) is 0 Å². The van der Waals surface area contributed by atoms with Gasteiger partial charge in [0.05, 0.1) is 33.0 Å².